The van der Waals surface area contributed by atoms with E-state index in [0.717, 1.165) is 22.6 Å². The zero-order valence-corrected chi connectivity index (χ0v) is 29.4. The van der Waals surface area contributed by atoms with Gasteiger partial charge in [0.1, 0.15) is 23.0 Å². The van der Waals surface area contributed by atoms with Gasteiger partial charge in [0.25, 0.3) is 0 Å². The van der Waals surface area contributed by atoms with Crippen LogP contribution in [0.25, 0.3) is 0 Å². The molecule has 9 heteroatoms. The Bertz CT molecular complexity index is 1700. The van der Waals surface area contributed by atoms with Crippen LogP contribution < -0.4 is 9.47 Å². The lowest BCUT2D eigenvalue weighted by atomic mass is 9.53. The maximum atomic E-state index is 14.5. The summed E-state index contributed by atoms with van der Waals surface area (Å²) in [7, 11) is 0. The quantitative estimate of drug-likeness (QED) is 0.109. The molecular weight excluding hydrogens is 644 g/mol. The molecule has 2 amide bonds. The summed E-state index contributed by atoms with van der Waals surface area (Å²) < 4.78 is 11.9. The van der Waals surface area contributed by atoms with E-state index >= 15 is 0 Å². The minimum absolute atomic E-state index is 0.182. The van der Waals surface area contributed by atoms with Crippen molar-refractivity contribution in [1.29, 1.82) is 0 Å². The number of nitrogens with zero attached hydrogens (tertiary/aromatic N) is 2. The minimum atomic E-state index is -1.02. The van der Waals surface area contributed by atoms with Crippen molar-refractivity contribution in [3.05, 3.63) is 120 Å². The number of amides is 2. The van der Waals surface area contributed by atoms with Gasteiger partial charge >= 0.3 is 5.97 Å². The van der Waals surface area contributed by atoms with Crippen LogP contribution in [0.15, 0.2) is 109 Å². The maximum absolute atomic E-state index is 14.5. The van der Waals surface area contributed by atoms with Gasteiger partial charge in [0.15, 0.2) is 0 Å². The van der Waals surface area contributed by atoms with E-state index in [0.29, 0.717) is 50.5 Å². The van der Waals surface area contributed by atoms with Crippen LogP contribution in [0.5, 0.6) is 23.0 Å². The van der Waals surface area contributed by atoms with Crippen molar-refractivity contribution in [3.63, 3.8) is 0 Å². The van der Waals surface area contributed by atoms with Gasteiger partial charge in [-0.3, -0.25) is 14.4 Å². The highest BCUT2D eigenvalue weighted by Gasteiger charge is 2.58. The highest BCUT2D eigenvalue weighted by molar-refractivity contribution is 5.91. The normalized spacial score (nSPS) is 17.9. The topological polar surface area (TPSA) is 117 Å². The molecule has 0 aromatic heterocycles. The van der Waals surface area contributed by atoms with Gasteiger partial charge in [-0.25, -0.2) is 0 Å². The molecular formula is C42H48N2O7. The molecule has 1 aliphatic rings. The third kappa shape index (κ3) is 9.76. The molecule has 268 valence electrons. The summed E-state index contributed by atoms with van der Waals surface area (Å²) in [6.07, 6.45) is 1.41. The fourth-order valence-electron chi connectivity index (χ4n) is 7.13. The number of hydrogen-bond donors (Lipinski definition) is 2. The van der Waals surface area contributed by atoms with Crippen molar-refractivity contribution in [2.75, 3.05) is 19.7 Å². The number of aliphatic carboxylic acids is 1. The van der Waals surface area contributed by atoms with Crippen LogP contribution >= 0.6 is 0 Å². The summed E-state index contributed by atoms with van der Waals surface area (Å²) in [6, 6.07) is 34.1. The fourth-order valence-corrected chi connectivity index (χ4v) is 7.13. The average Bonchev–Trinajstić information content (AvgIpc) is 3.13. The highest BCUT2D eigenvalue weighted by Crippen LogP contribution is 2.52. The Hall–Kier alpha value is -5.15. The standard InChI is InChI=1S/C42H48N2O7/c1-3-24-43(28-30-15-19-34(20-16-30)50-32-11-7-5-8-12-32)41(48)39-36(23-26-45)37(27-38(46)47)40(39)42(49)44(25-4-2)29-31-17-21-35(22-18-31)51-33-13-9-6-10-14-33/h5-22,36-37,39-40,45H,3-4,23-29H2,1-2H3,(H,46,47). The second-order valence-electron chi connectivity index (χ2n) is 13.1. The monoisotopic (exact) mass is 692 g/mol. The van der Waals surface area contributed by atoms with Crippen molar-refractivity contribution in [1.82, 2.24) is 9.80 Å². The number of carbonyl (C=O) groups excluding carboxylic acids is 2. The van der Waals surface area contributed by atoms with Crippen molar-refractivity contribution in [2.45, 2.75) is 52.6 Å². The number of rotatable bonds is 18. The van der Waals surface area contributed by atoms with Gasteiger partial charge in [0.05, 0.1) is 11.8 Å². The molecule has 0 radical (unpaired) electrons. The fraction of sp³-hybridized carbons (Fsp3) is 0.357. The number of aliphatic hydroxyl groups excluding tert-OH is 1. The lowest BCUT2D eigenvalue weighted by molar-refractivity contribution is -0.172. The van der Waals surface area contributed by atoms with E-state index in [1.165, 1.54) is 0 Å². The molecule has 0 aliphatic heterocycles. The van der Waals surface area contributed by atoms with E-state index in [9.17, 15) is 24.6 Å². The second kappa shape index (κ2) is 18.2. The molecule has 4 unspecified atom stereocenters. The molecule has 0 saturated heterocycles. The molecule has 9 nitrogen and oxygen atoms in total. The average molecular weight is 693 g/mol. The second-order valence-corrected chi connectivity index (χ2v) is 13.1. The molecule has 4 atom stereocenters. The number of carboxylic acid groups (broad SMARTS) is 1. The molecule has 51 heavy (non-hydrogen) atoms. The third-order valence-electron chi connectivity index (χ3n) is 9.46. The van der Waals surface area contributed by atoms with E-state index in [4.69, 9.17) is 9.47 Å². The predicted octanol–water partition coefficient (Wildman–Crippen LogP) is 7.78. The van der Waals surface area contributed by atoms with Gasteiger partial charge in [-0.15, -0.1) is 0 Å². The first-order valence-electron chi connectivity index (χ1n) is 17.8. The van der Waals surface area contributed by atoms with Crippen molar-refractivity contribution in [2.24, 2.45) is 23.7 Å². The van der Waals surface area contributed by atoms with Crippen LogP contribution in [0.3, 0.4) is 0 Å². The third-order valence-corrected chi connectivity index (χ3v) is 9.46. The number of hydrogen-bond acceptors (Lipinski definition) is 6. The molecule has 0 heterocycles. The van der Waals surface area contributed by atoms with E-state index in [1.807, 2.05) is 123 Å². The van der Waals surface area contributed by atoms with Gasteiger partial charge in [0.2, 0.25) is 11.8 Å². The zero-order valence-electron chi connectivity index (χ0n) is 29.4. The molecule has 1 saturated carbocycles. The van der Waals surface area contributed by atoms with Gasteiger partial charge in [-0.2, -0.15) is 0 Å². The summed E-state index contributed by atoms with van der Waals surface area (Å²) in [6.45, 7) is 5.37. The largest absolute Gasteiger partial charge is 0.481 e. The smallest absolute Gasteiger partial charge is 0.303 e. The predicted molar refractivity (Wildman–Crippen MR) is 195 cm³/mol. The van der Waals surface area contributed by atoms with E-state index in [-0.39, 0.29) is 31.3 Å². The Morgan fingerprint density at radius 2 is 0.980 bits per heavy atom. The summed E-state index contributed by atoms with van der Waals surface area (Å²) in [5.41, 5.74) is 1.81. The van der Waals surface area contributed by atoms with Gasteiger partial charge < -0.3 is 29.5 Å². The number of carbonyl (C=O) groups is 3. The van der Waals surface area contributed by atoms with Crippen LogP contribution in [-0.4, -0.2) is 57.5 Å². The minimum Gasteiger partial charge on any atom is -0.481 e. The molecule has 2 N–H and O–H groups in total. The van der Waals surface area contributed by atoms with Crippen LogP contribution in [0.1, 0.15) is 50.7 Å². The van der Waals surface area contributed by atoms with Crippen LogP contribution in [0, 0.1) is 23.7 Å². The molecule has 0 bridgehead atoms. The molecule has 5 rings (SSSR count). The SMILES string of the molecule is CCCN(Cc1ccc(Oc2ccccc2)cc1)C(=O)C1C(CCO)C(CC(=O)O)C1C(=O)N(CCC)Cc1ccc(Oc2ccccc2)cc1. The molecule has 1 aliphatic carbocycles. The first kappa shape index (κ1) is 37.1. The zero-order chi connectivity index (χ0) is 36.2. The summed E-state index contributed by atoms with van der Waals surface area (Å²) in [5.74, 6) is -1.15. The maximum Gasteiger partial charge on any atom is 0.303 e. The van der Waals surface area contributed by atoms with Crippen molar-refractivity contribution in [3.8, 4) is 23.0 Å². The summed E-state index contributed by atoms with van der Waals surface area (Å²) in [5, 5.41) is 19.9. The summed E-state index contributed by atoms with van der Waals surface area (Å²) in [4.78, 5) is 44.5. The van der Waals surface area contributed by atoms with Crippen molar-refractivity contribution >= 4 is 17.8 Å². The Balaban J connectivity index is 1.35. The van der Waals surface area contributed by atoms with E-state index in [1.54, 1.807) is 9.80 Å². The number of benzene rings is 4. The number of ether oxygens (including phenoxy) is 2. The van der Waals surface area contributed by atoms with E-state index in [2.05, 4.69) is 0 Å². The first-order valence-corrected chi connectivity index (χ1v) is 17.8. The lowest BCUT2D eigenvalue weighted by Gasteiger charge is -2.52. The van der Waals surface area contributed by atoms with Gasteiger partial charge in [0, 0.05) is 39.2 Å². The van der Waals surface area contributed by atoms with Crippen LogP contribution in [0.4, 0.5) is 0 Å². The molecule has 0 spiro atoms. The van der Waals surface area contributed by atoms with Crippen LogP contribution in [0.2, 0.25) is 0 Å². The molecule has 4 aromatic rings. The Labute approximate surface area is 300 Å². The Morgan fingerprint density at radius 1 is 0.588 bits per heavy atom. The van der Waals surface area contributed by atoms with E-state index < -0.39 is 29.6 Å². The number of carboxylic acids is 1. The van der Waals surface area contributed by atoms with Crippen LogP contribution in [-0.2, 0) is 27.5 Å². The Kier molecular flexibility index (Phi) is 13.2. The summed E-state index contributed by atoms with van der Waals surface area (Å²) >= 11 is 0. The first-order chi connectivity index (χ1) is 24.8. The highest BCUT2D eigenvalue weighted by atomic mass is 16.5. The molecule has 4 aromatic carbocycles. The Morgan fingerprint density at radius 3 is 1.35 bits per heavy atom. The molecule has 1 fully saturated rings. The number of para-hydroxylation sites is 2. The van der Waals surface area contributed by atoms with Crippen molar-refractivity contribution < 1.29 is 34.1 Å². The number of aliphatic hydroxyl groups is 1. The van der Waals surface area contributed by atoms with Gasteiger partial charge in [-0.1, -0.05) is 74.5 Å². The lowest BCUT2D eigenvalue weighted by Crippen LogP contribution is -2.60. The van der Waals surface area contributed by atoms with Gasteiger partial charge in [-0.05, 0) is 90.8 Å².